The molecule has 1 amide bonds. The van der Waals surface area contributed by atoms with Crippen LogP contribution >= 0.6 is 0 Å². The highest BCUT2D eigenvalue weighted by atomic mass is 19.4. The van der Waals surface area contributed by atoms with Crippen LogP contribution < -0.4 is 4.90 Å². The fourth-order valence-electron chi connectivity index (χ4n) is 3.66. The minimum Gasteiger partial charge on any atom is -0.305 e. The third-order valence-electron chi connectivity index (χ3n) is 5.30. The number of fused-ring (bicyclic) bond motifs is 1. The van der Waals surface area contributed by atoms with Crippen molar-refractivity contribution in [1.82, 2.24) is 14.8 Å². The highest BCUT2D eigenvalue weighted by Crippen LogP contribution is 2.35. The first-order chi connectivity index (χ1) is 14.2. The summed E-state index contributed by atoms with van der Waals surface area (Å²) in [4.78, 5) is 19.2. The van der Waals surface area contributed by atoms with Crippen molar-refractivity contribution in [3.8, 4) is 11.1 Å². The van der Waals surface area contributed by atoms with Crippen LogP contribution in [0.25, 0.3) is 11.1 Å². The van der Waals surface area contributed by atoms with E-state index in [4.69, 9.17) is 0 Å². The number of hydrogen-bond acceptors (Lipinski definition) is 3. The van der Waals surface area contributed by atoms with E-state index in [9.17, 15) is 18.0 Å². The fourth-order valence-corrected chi connectivity index (χ4v) is 3.66. The van der Waals surface area contributed by atoms with Gasteiger partial charge in [0.1, 0.15) is 5.69 Å². The van der Waals surface area contributed by atoms with E-state index in [1.807, 2.05) is 32.9 Å². The average molecular weight is 414 g/mol. The number of anilines is 1. The summed E-state index contributed by atoms with van der Waals surface area (Å²) in [6.45, 7) is 6.33. The van der Waals surface area contributed by atoms with E-state index in [1.54, 1.807) is 17.1 Å². The van der Waals surface area contributed by atoms with Crippen molar-refractivity contribution in [2.45, 2.75) is 38.9 Å². The first kappa shape index (κ1) is 20.1. The molecule has 0 radical (unpaired) electrons. The van der Waals surface area contributed by atoms with Crippen LogP contribution in [0.2, 0.25) is 0 Å². The lowest BCUT2D eigenvalue weighted by Crippen LogP contribution is -2.42. The molecular weight excluding hydrogens is 393 g/mol. The van der Waals surface area contributed by atoms with Crippen molar-refractivity contribution in [2.75, 3.05) is 11.4 Å². The van der Waals surface area contributed by atoms with E-state index in [-0.39, 0.29) is 17.9 Å². The summed E-state index contributed by atoms with van der Waals surface area (Å²) >= 11 is 0. The second kappa shape index (κ2) is 7.27. The molecule has 3 heterocycles. The lowest BCUT2D eigenvalue weighted by molar-refractivity contribution is -0.137. The van der Waals surface area contributed by atoms with Gasteiger partial charge in [0.2, 0.25) is 0 Å². The van der Waals surface area contributed by atoms with Crippen molar-refractivity contribution in [3.05, 3.63) is 65.7 Å². The van der Waals surface area contributed by atoms with Crippen LogP contribution in [0.1, 0.15) is 54.5 Å². The standard InChI is InChI=1S/C22H21F3N4O/c1-13(2)19-10-15(8-9-26-19)18-11-27-29-14(3)12-28(21(30)20(18)29)17-6-4-16(5-7-17)22(23,24)25/h4-11,13-14H,12H2,1-3H3. The highest BCUT2D eigenvalue weighted by molar-refractivity contribution is 6.09. The van der Waals surface area contributed by atoms with Gasteiger partial charge in [-0.3, -0.25) is 14.5 Å². The monoisotopic (exact) mass is 414 g/mol. The maximum atomic E-state index is 13.3. The maximum absolute atomic E-state index is 13.3. The predicted molar refractivity (Wildman–Crippen MR) is 107 cm³/mol. The van der Waals surface area contributed by atoms with Crippen LogP contribution in [0.5, 0.6) is 0 Å². The number of carbonyl (C=O) groups is 1. The van der Waals surface area contributed by atoms with Crippen LogP contribution in [-0.4, -0.2) is 27.2 Å². The first-order valence-electron chi connectivity index (χ1n) is 9.69. The minimum absolute atomic E-state index is 0.125. The van der Waals surface area contributed by atoms with E-state index in [0.29, 0.717) is 23.5 Å². The molecule has 0 saturated carbocycles. The van der Waals surface area contributed by atoms with Gasteiger partial charge in [0.05, 0.1) is 17.8 Å². The summed E-state index contributed by atoms with van der Waals surface area (Å²) in [6.07, 6.45) is -1.04. The van der Waals surface area contributed by atoms with Gasteiger partial charge in [0.25, 0.3) is 5.91 Å². The Morgan fingerprint density at radius 3 is 2.47 bits per heavy atom. The van der Waals surface area contributed by atoms with Crippen LogP contribution in [0, 0.1) is 0 Å². The first-order valence-corrected chi connectivity index (χ1v) is 9.69. The zero-order valence-corrected chi connectivity index (χ0v) is 16.8. The van der Waals surface area contributed by atoms with Gasteiger partial charge in [-0.1, -0.05) is 13.8 Å². The summed E-state index contributed by atoms with van der Waals surface area (Å²) in [5, 5.41) is 4.41. The molecule has 30 heavy (non-hydrogen) atoms. The van der Waals surface area contributed by atoms with E-state index in [0.717, 1.165) is 23.4 Å². The van der Waals surface area contributed by atoms with Gasteiger partial charge >= 0.3 is 6.18 Å². The van der Waals surface area contributed by atoms with Crippen molar-refractivity contribution >= 4 is 11.6 Å². The van der Waals surface area contributed by atoms with Gasteiger partial charge in [-0.2, -0.15) is 18.3 Å². The Morgan fingerprint density at radius 2 is 1.83 bits per heavy atom. The molecule has 0 N–H and O–H groups in total. The smallest absolute Gasteiger partial charge is 0.305 e. The van der Waals surface area contributed by atoms with E-state index >= 15 is 0 Å². The van der Waals surface area contributed by atoms with Crippen LogP contribution in [0.15, 0.2) is 48.8 Å². The Labute approximate surface area is 172 Å². The van der Waals surface area contributed by atoms with E-state index in [1.165, 1.54) is 17.0 Å². The van der Waals surface area contributed by atoms with Gasteiger partial charge in [-0.05, 0) is 54.8 Å². The molecule has 0 bridgehead atoms. The molecule has 5 nitrogen and oxygen atoms in total. The number of benzene rings is 1. The molecule has 2 aromatic heterocycles. The second-order valence-electron chi connectivity index (χ2n) is 7.78. The van der Waals surface area contributed by atoms with Gasteiger partial charge < -0.3 is 4.90 Å². The number of rotatable bonds is 3. The normalized spacial score (nSPS) is 16.8. The summed E-state index contributed by atoms with van der Waals surface area (Å²) in [5.41, 5.74) is 2.54. The SMILES string of the molecule is CC(C)c1cc(-c2cnn3c2C(=O)N(c2ccc(C(F)(F)F)cc2)CC3C)ccn1. The third-order valence-corrected chi connectivity index (χ3v) is 5.30. The molecule has 3 aromatic rings. The maximum Gasteiger partial charge on any atom is 0.416 e. The van der Waals surface area contributed by atoms with Crippen molar-refractivity contribution in [2.24, 2.45) is 0 Å². The highest BCUT2D eigenvalue weighted by Gasteiger charge is 2.35. The van der Waals surface area contributed by atoms with E-state index < -0.39 is 11.7 Å². The average Bonchev–Trinajstić information content (AvgIpc) is 3.16. The number of pyridine rings is 1. The number of aromatic nitrogens is 3. The molecule has 156 valence electrons. The molecule has 0 aliphatic carbocycles. The molecule has 1 atom stereocenters. The molecular formula is C22H21F3N4O. The largest absolute Gasteiger partial charge is 0.416 e. The number of hydrogen-bond donors (Lipinski definition) is 0. The number of alkyl halides is 3. The molecule has 8 heteroatoms. The molecule has 4 rings (SSSR count). The number of nitrogens with zero attached hydrogens (tertiary/aromatic N) is 4. The van der Waals surface area contributed by atoms with Gasteiger partial charge in [0, 0.05) is 29.7 Å². The summed E-state index contributed by atoms with van der Waals surface area (Å²) in [6, 6.07) is 8.32. The third kappa shape index (κ3) is 3.46. The zero-order chi connectivity index (χ0) is 21.6. The topological polar surface area (TPSA) is 51.0 Å². The molecule has 1 unspecified atom stereocenters. The van der Waals surface area contributed by atoms with Gasteiger partial charge in [0.15, 0.2) is 0 Å². The Morgan fingerprint density at radius 1 is 1.13 bits per heavy atom. The number of amides is 1. The predicted octanol–water partition coefficient (Wildman–Crippen LogP) is 5.31. The zero-order valence-electron chi connectivity index (χ0n) is 16.8. The van der Waals surface area contributed by atoms with Crippen molar-refractivity contribution in [1.29, 1.82) is 0 Å². The summed E-state index contributed by atoms with van der Waals surface area (Å²) in [5.74, 6) is -0.0575. The Bertz CT molecular complexity index is 1090. The number of halogens is 3. The van der Waals surface area contributed by atoms with Gasteiger partial charge in [-0.15, -0.1) is 0 Å². The van der Waals surface area contributed by atoms with Crippen LogP contribution in [0.3, 0.4) is 0 Å². The summed E-state index contributed by atoms with van der Waals surface area (Å²) in [7, 11) is 0. The molecule has 1 aliphatic heterocycles. The summed E-state index contributed by atoms with van der Waals surface area (Å²) < 4.78 is 40.4. The molecule has 1 aromatic carbocycles. The molecule has 1 aliphatic rings. The Balaban J connectivity index is 1.74. The van der Waals surface area contributed by atoms with Crippen molar-refractivity contribution < 1.29 is 18.0 Å². The van der Waals surface area contributed by atoms with Crippen LogP contribution in [0.4, 0.5) is 18.9 Å². The van der Waals surface area contributed by atoms with E-state index in [2.05, 4.69) is 10.1 Å². The number of carbonyl (C=O) groups excluding carboxylic acids is 1. The molecule has 0 spiro atoms. The Hall–Kier alpha value is -3.16. The lowest BCUT2D eigenvalue weighted by Gasteiger charge is -2.32. The van der Waals surface area contributed by atoms with Crippen molar-refractivity contribution in [3.63, 3.8) is 0 Å². The lowest BCUT2D eigenvalue weighted by atomic mass is 10.0. The molecule has 0 fully saturated rings. The van der Waals surface area contributed by atoms with Crippen LogP contribution in [-0.2, 0) is 6.18 Å². The Kier molecular flexibility index (Phi) is 4.88. The van der Waals surface area contributed by atoms with Gasteiger partial charge in [-0.25, -0.2) is 0 Å². The quantitative estimate of drug-likeness (QED) is 0.584. The fraction of sp³-hybridized carbons (Fsp3) is 0.318. The minimum atomic E-state index is -4.42. The molecule has 0 saturated heterocycles. The second-order valence-corrected chi connectivity index (χ2v) is 7.78.